The van der Waals surface area contributed by atoms with Crippen LogP contribution in [-0.2, 0) is 0 Å². The second-order valence-corrected chi connectivity index (χ2v) is 5.99. The Hall–Kier alpha value is 0. The number of hydrogen-bond acceptors (Lipinski definition) is 0. The molecule has 3 saturated carbocycles. The summed E-state index contributed by atoms with van der Waals surface area (Å²) >= 11 is 0. The van der Waals surface area contributed by atoms with E-state index >= 15 is 0 Å². The van der Waals surface area contributed by atoms with Gasteiger partial charge in [0.2, 0.25) is 0 Å². The van der Waals surface area contributed by atoms with Crippen LogP contribution in [0.2, 0.25) is 0 Å². The van der Waals surface area contributed by atoms with Crippen LogP contribution >= 0.6 is 0 Å². The summed E-state index contributed by atoms with van der Waals surface area (Å²) < 4.78 is 0. The van der Waals surface area contributed by atoms with E-state index in [1.807, 2.05) is 0 Å². The summed E-state index contributed by atoms with van der Waals surface area (Å²) in [5, 5.41) is 0. The Labute approximate surface area is 88.5 Å². The third-order valence-electron chi connectivity index (χ3n) is 5.39. The number of hydrogen-bond donors (Lipinski definition) is 0. The van der Waals surface area contributed by atoms with Crippen molar-refractivity contribution in [3.63, 3.8) is 0 Å². The molecular formula is C14H24. The maximum atomic E-state index is 1.59. The minimum atomic E-state index is 1.16. The first-order valence-electron chi connectivity index (χ1n) is 6.95. The fraction of sp³-hybridized carbons (Fsp3) is 1.00. The van der Waals surface area contributed by atoms with Gasteiger partial charge in [-0.15, -0.1) is 0 Å². The summed E-state index contributed by atoms with van der Waals surface area (Å²) in [7, 11) is 0. The molecule has 0 spiro atoms. The molecule has 14 heavy (non-hydrogen) atoms. The summed E-state index contributed by atoms with van der Waals surface area (Å²) in [6.07, 6.45) is 15.7. The second-order valence-electron chi connectivity index (χ2n) is 5.99. The normalized spacial score (nSPS) is 48.0. The summed E-state index contributed by atoms with van der Waals surface area (Å²) in [6, 6.07) is 0. The number of fused-ring (bicyclic) bond motifs is 3. The summed E-state index contributed by atoms with van der Waals surface area (Å²) in [6.45, 7) is 0. The monoisotopic (exact) mass is 192 g/mol. The van der Waals surface area contributed by atoms with Gasteiger partial charge in [-0.3, -0.25) is 0 Å². The first kappa shape index (κ1) is 9.24. The Morgan fingerprint density at radius 1 is 0.429 bits per heavy atom. The molecule has 0 heterocycles. The topological polar surface area (TPSA) is 0 Å². The van der Waals surface area contributed by atoms with Gasteiger partial charge in [0.15, 0.2) is 0 Å². The van der Waals surface area contributed by atoms with Gasteiger partial charge in [-0.05, 0) is 49.4 Å². The highest BCUT2D eigenvalue weighted by molar-refractivity contribution is 4.91. The SMILES string of the molecule is C1CC[C@@H]2[C@H](C1)CC[C@H]1CCCC[C@H]12. The molecule has 0 nitrogen and oxygen atoms in total. The molecule has 0 aromatic carbocycles. The summed E-state index contributed by atoms with van der Waals surface area (Å²) in [5.41, 5.74) is 0. The van der Waals surface area contributed by atoms with Gasteiger partial charge >= 0.3 is 0 Å². The molecule has 0 saturated heterocycles. The molecule has 0 aliphatic heterocycles. The van der Waals surface area contributed by atoms with Crippen LogP contribution in [0.4, 0.5) is 0 Å². The average molecular weight is 192 g/mol. The van der Waals surface area contributed by atoms with Crippen LogP contribution in [0.25, 0.3) is 0 Å². The molecule has 0 aromatic rings. The van der Waals surface area contributed by atoms with Crippen molar-refractivity contribution < 1.29 is 0 Å². The predicted molar refractivity (Wildman–Crippen MR) is 60.1 cm³/mol. The highest BCUT2D eigenvalue weighted by Gasteiger charge is 2.40. The van der Waals surface area contributed by atoms with Gasteiger partial charge in [0.05, 0.1) is 0 Å². The van der Waals surface area contributed by atoms with Crippen LogP contribution in [0, 0.1) is 23.7 Å². The van der Waals surface area contributed by atoms with E-state index in [4.69, 9.17) is 0 Å². The third kappa shape index (κ3) is 1.51. The van der Waals surface area contributed by atoms with E-state index < -0.39 is 0 Å². The van der Waals surface area contributed by atoms with Crippen molar-refractivity contribution in [3.8, 4) is 0 Å². The molecule has 0 amide bonds. The van der Waals surface area contributed by atoms with E-state index in [0.29, 0.717) is 0 Å². The van der Waals surface area contributed by atoms with Crippen molar-refractivity contribution in [2.45, 2.75) is 64.2 Å². The predicted octanol–water partition coefficient (Wildman–Crippen LogP) is 4.39. The van der Waals surface area contributed by atoms with Crippen LogP contribution in [-0.4, -0.2) is 0 Å². The molecule has 3 rings (SSSR count). The molecule has 0 bridgehead atoms. The van der Waals surface area contributed by atoms with Crippen molar-refractivity contribution in [1.29, 1.82) is 0 Å². The highest BCUT2D eigenvalue weighted by Crippen LogP contribution is 2.51. The Kier molecular flexibility index (Phi) is 2.55. The Morgan fingerprint density at radius 2 is 0.857 bits per heavy atom. The zero-order valence-electron chi connectivity index (χ0n) is 9.38. The Morgan fingerprint density at radius 3 is 1.36 bits per heavy atom. The maximum absolute atomic E-state index is 1.59. The summed E-state index contributed by atoms with van der Waals surface area (Å²) in [4.78, 5) is 0. The zero-order chi connectivity index (χ0) is 9.38. The van der Waals surface area contributed by atoms with E-state index in [9.17, 15) is 0 Å². The molecule has 3 aliphatic carbocycles. The minimum Gasteiger partial charge on any atom is -0.0530 e. The molecule has 4 atom stereocenters. The standard InChI is InChI=1S/C14H24/c1-3-7-13-11(5-1)9-10-12-6-2-4-8-14(12)13/h11-14H,1-10H2/t11-,12-,13-,14-/m1/s1. The van der Waals surface area contributed by atoms with Gasteiger partial charge < -0.3 is 0 Å². The van der Waals surface area contributed by atoms with Crippen LogP contribution in [0.15, 0.2) is 0 Å². The molecule has 0 unspecified atom stereocenters. The first-order valence-corrected chi connectivity index (χ1v) is 6.95. The van der Waals surface area contributed by atoms with Gasteiger partial charge in [0, 0.05) is 0 Å². The van der Waals surface area contributed by atoms with Crippen LogP contribution in [0.1, 0.15) is 64.2 Å². The maximum Gasteiger partial charge on any atom is -0.0355 e. The molecule has 3 fully saturated rings. The fourth-order valence-corrected chi connectivity index (χ4v) is 4.74. The van der Waals surface area contributed by atoms with E-state index in [1.165, 1.54) is 11.8 Å². The van der Waals surface area contributed by atoms with Crippen molar-refractivity contribution >= 4 is 0 Å². The second kappa shape index (κ2) is 3.87. The third-order valence-corrected chi connectivity index (χ3v) is 5.39. The minimum absolute atomic E-state index is 1.16. The molecule has 0 radical (unpaired) electrons. The first-order chi connectivity index (χ1) is 6.95. The van der Waals surface area contributed by atoms with Crippen LogP contribution < -0.4 is 0 Å². The lowest BCUT2D eigenvalue weighted by Gasteiger charge is -2.48. The molecule has 0 aromatic heterocycles. The van der Waals surface area contributed by atoms with Gasteiger partial charge in [-0.2, -0.15) is 0 Å². The van der Waals surface area contributed by atoms with Gasteiger partial charge in [-0.25, -0.2) is 0 Å². The molecule has 80 valence electrons. The molecule has 0 heteroatoms. The lowest BCUT2D eigenvalue weighted by atomic mass is 9.58. The van der Waals surface area contributed by atoms with E-state index in [2.05, 4.69) is 0 Å². The van der Waals surface area contributed by atoms with Crippen molar-refractivity contribution in [2.24, 2.45) is 23.7 Å². The molecule has 0 N–H and O–H groups in total. The van der Waals surface area contributed by atoms with Gasteiger partial charge in [0.25, 0.3) is 0 Å². The molecular weight excluding hydrogens is 168 g/mol. The molecule has 3 aliphatic rings. The van der Waals surface area contributed by atoms with Crippen molar-refractivity contribution in [2.75, 3.05) is 0 Å². The Bertz CT molecular complexity index is 174. The van der Waals surface area contributed by atoms with Gasteiger partial charge in [0.1, 0.15) is 0 Å². The highest BCUT2D eigenvalue weighted by atomic mass is 14.5. The van der Waals surface area contributed by atoms with E-state index in [1.54, 1.807) is 64.2 Å². The quantitative estimate of drug-likeness (QED) is 0.534. The van der Waals surface area contributed by atoms with Crippen molar-refractivity contribution in [3.05, 3.63) is 0 Å². The lowest BCUT2D eigenvalue weighted by molar-refractivity contribution is 0.0278. The lowest BCUT2D eigenvalue weighted by Crippen LogP contribution is -2.38. The fourth-order valence-electron chi connectivity index (χ4n) is 4.74. The Balaban J connectivity index is 1.74. The average Bonchev–Trinajstić information content (AvgIpc) is 2.29. The smallest absolute Gasteiger partial charge is 0.0355 e. The van der Waals surface area contributed by atoms with E-state index in [-0.39, 0.29) is 0 Å². The summed E-state index contributed by atoms with van der Waals surface area (Å²) in [5.74, 6) is 4.65. The van der Waals surface area contributed by atoms with E-state index in [0.717, 1.165) is 11.8 Å². The van der Waals surface area contributed by atoms with Crippen LogP contribution in [0.3, 0.4) is 0 Å². The number of rotatable bonds is 0. The largest absolute Gasteiger partial charge is 0.0530 e. The van der Waals surface area contributed by atoms with Crippen LogP contribution in [0.5, 0.6) is 0 Å². The van der Waals surface area contributed by atoms with Crippen molar-refractivity contribution in [1.82, 2.24) is 0 Å². The van der Waals surface area contributed by atoms with Gasteiger partial charge in [-0.1, -0.05) is 38.5 Å². The zero-order valence-corrected chi connectivity index (χ0v) is 9.38.